The van der Waals surface area contributed by atoms with Gasteiger partial charge in [-0.05, 0) is 57.0 Å². The van der Waals surface area contributed by atoms with Gasteiger partial charge < -0.3 is 19.5 Å². The molecule has 0 aliphatic heterocycles. The molecule has 30 heavy (non-hydrogen) atoms. The zero-order valence-electron chi connectivity index (χ0n) is 17.6. The van der Waals surface area contributed by atoms with Gasteiger partial charge in [0.25, 0.3) is 0 Å². The molecule has 2 aromatic carbocycles. The van der Waals surface area contributed by atoms with Gasteiger partial charge in [-0.25, -0.2) is 14.8 Å². The summed E-state index contributed by atoms with van der Waals surface area (Å²) >= 11 is 0. The minimum atomic E-state index is -0.488. The summed E-state index contributed by atoms with van der Waals surface area (Å²) in [7, 11) is 0. The van der Waals surface area contributed by atoms with Gasteiger partial charge in [0.05, 0.1) is 30.9 Å². The van der Waals surface area contributed by atoms with Crippen molar-refractivity contribution in [2.24, 2.45) is 0 Å². The van der Waals surface area contributed by atoms with Gasteiger partial charge in [0.2, 0.25) is 0 Å². The Morgan fingerprint density at radius 2 is 1.60 bits per heavy atom. The molecule has 158 valence electrons. The van der Waals surface area contributed by atoms with Crippen molar-refractivity contribution in [1.29, 1.82) is 0 Å². The Morgan fingerprint density at radius 3 is 2.30 bits per heavy atom. The number of fused-ring (bicyclic) bond motifs is 1. The van der Waals surface area contributed by atoms with Crippen molar-refractivity contribution in [3.05, 3.63) is 53.7 Å². The number of nitrogens with one attached hydrogen (secondary N) is 1. The molecule has 0 saturated heterocycles. The van der Waals surface area contributed by atoms with E-state index < -0.39 is 5.97 Å². The van der Waals surface area contributed by atoms with Crippen molar-refractivity contribution in [2.45, 2.75) is 27.2 Å². The predicted octanol–water partition coefficient (Wildman–Crippen LogP) is 4.26. The molecule has 0 fully saturated rings. The monoisotopic (exact) mass is 409 g/mol. The first kappa shape index (κ1) is 21.4. The normalized spacial score (nSPS) is 10.6. The van der Waals surface area contributed by atoms with Crippen molar-refractivity contribution in [1.82, 2.24) is 9.97 Å². The van der Waals surface area contributed by atoms with E-state index in [-0.39, 0.29) is 12.3 Å². The standard InChI is InChI=1S/C23H27N3O4/c1-4-28-19-12-11-16(15-20(19)29-5-2)13-14-24-22-21(23(27)30-6-3)25-17-9-7-8-10-18(17)26-22/h7-12,15H,4-6,13-14H2,1-3H3,(H,24,26). The lowest BCUT2D eigenvalue weighted by Crippen LogP contribution is -2.15. The zero-order valence-corrected chi connectivity index (χ0v) is 17.6. The number of rotatable bonds is 10. The molecule has 0 atom stereocenters. The number of carbonyl (C=O) groups excluding carboxylic acids is 1. The van der Waals surface area contributed by atoms with E-state index in [1.807, 2.05) is 56.3 Å². The van der Waals surface area contributed by atoms with Gasteiger partial charge in [0.1, 0.15) is 0 Å². The fraction of sp³-hybridized carbons (Fsp3) is 0.348. The average molecular weight is 409 g/mol. The second kappa shape index (κ2) is 10.4. The van der Waals surface area contributed by atoms with Crippen LogP contribution in [-0.4, -0.2) is 42.3 Å². The van der Waals surface area contributed by atoms with Crippen molar-refractivity contribution >= 4 is 22.8 Å². The van der Waals surface area contributed by atoms with E-state index in [2.05, 4.69) is 15.3 Å². The number of ether oxygens (including phenoxy) is 3. The number of anilines is 1. The summed E-state index contributed by atoms with van der Waals surface area (Å²) in [6.07, 6.45) is 0.712. The van der Waals surface area contributed by atoms with E-state index in [9.17, 15) is 4.79 Å². The number of nitrogens with zero attached hydrogens (tertiary/aromatic N) is 2. The van der Waals surface area contributed by atoms with Crippen molar-refractivity contribution in [3.8, 4) is 11.5 Å². The third-order valence-electron chi connectivity index (χ3n) is 4.35. The first-order chi connectivity index (χ1) is 14.7. The van der Waals surface area contributed by atoms with Crippen LogP contribution >= 0.6 is 0 Å². The van der Waals surface area contributed by atoms with Gasteiger partial charge in [0, 0.05) is 6.54 Å². The SMILES string of the molecule is CCOC(=O)c1nc2ccccc2nc1NCCc1ccc(OCC)c(OCC)c1. The molecule has 0 saturated carbocycles. The fourth-order valence-electron chi connectivity index (χ4n) is 3.04. The molecule has 0 spiro atoms. The summed E-state index contributed by atoms with van der Waals surface area (Å²) < 4.78 is 16.5. The van der Waals surface area contributed by atoms with Gasteiger partial charge in [-0.3, -0.25) is 0 Å². The summed E-state index contributed by atoms with van der Waals surface area (Å²) in [6.45, 7) is 7.65. The number of aromatic nitrogens is 2. The molecule has 7 heteroatoms. The maximum atomic E-state index is 12.4. The van der Waals surface area contributed by atoms with Gasteiger partial charge in [-0.2, -0.15) is 0 Å². The van der Waals surface area contributed by atoms with Crippen molar-refractivity contribution in [2.75, 3.05) is 31.7 Å². The van der Waals surface area contributed by atoms with Crippen LogP contribution in [0, 0.1) is 0 Å². The van der Waals surface area contributed by atoms with Gasteiger partial charge in [-0.1, -0.05) is 18.2 Å². The first-order valence-electron chi connectivity index (χ1n) is 10.2. The Kier molecular flexibility index (Phi) is 7.43. The van der Waals surface area contributed by atoms with Crippen LogP contribution in [0.15, 0.2) is 42.5 Å². The summed E-state index contributed by atoms with van der Waals surface area (Å²) in [5.74, 6) is 1.40. The quantitative estimate of drug-likeness (QED) is 0.501. The number of hydrogen-bond donors (Lipinski definition) is 1. The predicted molar refractivity (Wildman–Crippen MR) is 116 cm³/mol. The largest absolute Gasteiger partial charge is 0.490 e. The van der Waals surface area contributed by atoms with Crippen LogP contribution in [0.25, 0.3) is 11.0 Å². The van der Waals surface area contributed by atoms with Crippen LogP contribution in [0.5, 0.6) is 11.5 Å². The topological polar surface area (TPSA) is 82.6 Å². The summed E-state index contributed by atoms with van der Waals surface area (Å²) in [5, 5.41) is 3.24. The molecule has 0 aliphatic rings. The van der Waals surface area contributed by atoms with E-state index >= 15 is 0 Å². The molecular formula is C23H27N3O4. The third-order valence-corrected chi connectivity index (χ3v) is 4.35. The Bertz CT molecular complexity index is 1010. The minimum absolute atomic E-state index is 0.192. The number of benzene rings is 2. The van der Waals surface area contributed by atoms with Crippen LogP contribution < -0.4 is 14.8 Å². The third kappa shape index (κ3) is 5.17. The van der Waals surface area contributed by atoms with Crippen molar-refractivity contribution < 1.29 is 19.0 Å². The lowest BCUT2D eigenvalue weighted by Gasteiger charge is -2.13. The number of hydrogen-bond acceptors (Lipinski definition) is 7. The highest BCUT2D eigenvalue weighted by Gasteiger charge is 2.17. The molecule has 1 aromatic heterocycles. The van der Waals surface area contributed by atoms with Crippen LogP contribution in [0.2, 0.25) is 0 Å². The molecule has 0 amide bonds. The smallest absolute Gasteiger partial charge is 0.360 e. The van der Waals surface area contributed by atoms with Gasteiger partial charge in [0.15, 0.2) is 23.0 Å². The van der Waals surface area contributed by atoms with Crippen molar-refractivity contribution in [3.63, 3.8) is 0 Å². The van der Waals surface area contributed by atoms with Crippen LogP contribution in [0.4, 0.5) is 5.82 Å². The fourth-order valence-corrected chi connectivity index (χ4v) is 3.04. The minimum Gasteiger partial charge on any atom is -0.490 e. The van der Waals surface area contributed by atoms with E-state index in [1.165, 1.54) is 0 Å². The summed E-state index contributed by atoms with van der Waals surface area (Å²) in [6, 6.07) is 13.3. The Morgan fingerprint density at radius 1 is 0.900 bits per heavy atom. The van der Waals surface area contributed by atoms with Crippen LogP contribution in [0.3, 0.4) is 0 Å². The Labute approximate surface area is 176 Å². The van der Waals surface area contributed by atoms with E-state index in [4.69, 9.17) is 14.2 Å². The van der Waals surface area contributed by atoms with E-state index in [0.29, 0.717) is 43.0 Å². The molecule has 1 heterocycles. The lowest BCUT2D eigenvalue weighted by atomic mass is 10.1. The second-order valence-corrected chi connectivity index (χ2v) is 6.45. The Hall–Kier alpha value is -3.35. The zero-order chi connectivity index (χ0) is 21.3. The lowest BCUT2D eigenvalue weighted by molar-refractivity contribution is 0.0521. The molecule has 0 aliphatic carbocycles. The molecule has 0 unspecified atom stereocenters. The first-order valence-corrected chi connectivity index (χ1v) is 10.2. The number of para-hydroxylation sites is 2. The number of esters is 1. The van der Waals surface area contributed by atoms with Gasteiger partial charge >= 0.3 is 5.97 Å². The Balaban J connectivity index is 1.77. The molecule has 3 aromatic rings. The highest BCUT2D eigenvalue weighted by atomic mass is 16.5. The summed E-state index contributed by atoms with van der Waals surface area (Å²) in [5.41, 5.74) is 2.64. The van der Waals surface area contributed by atoms with Crippen LogP contribution in [0.1, 0.15) is 36.8 Å². The van der Waals surface area contributed by atoms with Gasteiger partial charge in [-0.15, -0.1) is 0 Å². The summed E-state index contributed by atoms with van der Waals surface area (Å²) in [4.78, 5) is 21.4. The molecule has 3 rings (SSSR count). The maximum absolute atomic E-state index is 12.4. The molecule has 0 radical (unpaired) electrons. The molecule has 0 bridgehead atoms. The molecule has 1 N–H and O–H groups in total. The maximum Gasteiger partial charge on any atom is 0.360 e. The van der Waals surface area contributed by atoms with E-state index in [1.54, 1.807) is 6.92 Å². The second-order valence-electron chi connectivity index (χ2n) is 6.45. The molecule has 7 nitrogen and oxygen atoms in total. The highest BCUT2D eigenvalue weighted by molar-refractivity contribution is 5.95. The highest BCUT2D eigenvalue weighted by Crippen LogP contribution is 2.28. The molecular weight excluding hydrogens is 382 g/mol. The van der Waals surface area contributed by atoms with E-state index in [0.717, 1.165) is 17.1 Å². The number of carbonyl (C=O) groups is 1. The average Bonchev–Trinajstić information content (AvgIpc) is 2.75. The van der Waals surface area contributed by atoms with Crippen LogP contribution in [-0.2, 0) is 11.2 Å².